The molecule has 0 bridgehead atoms. The van der Waals surface area contributed by atoms with Crippen LogP contribution in [-0.4, -0.2) is 27.1 Å². The molecule has 13 heavy (non-hydrogen) atoms. The van der Waals surface area contributed by atoms with Crippen molar-refractivity contribution in [2.75, 3.05) is 12.4 Å². The van der Waals surface area contributed by atoms with E-state index in [-0.39, 0.29) is 23.6 Å². The van der Waals surface area contributed by atoms with E-state index in [1.54, 1.807) is 6.92 Å². The number of hydrogen-bond donors (Lipinski definition) is 1. The topological polar surface area (TPSA) is 63.6 Å². The van der Waals surface area contributed by atoms with Crippen LogP contribution < -0.4 is 0 Å². The van der Waals surface area contributed by atoms with Crippen molar-refractivity contribution in [2.45, 2.75) is 26.2 Å². The van der Waals surface area contributed by atoms with Crippen LogP contribution in [0.15, 0.2) is 0 Å². The molecule has 1 N–H and O–H groups in total. The monoisotopic (exact) mass is 206 g/mol. The summed E-state index contributed by atoms with van der Waals surface area (Å²) in [5.41, 5.74) is -0.230. The zero-order valence-electron chi connectivity index (χ0n) is 7.62. The number of ether oxygens (including phenoxy) is 1. The average molecular weight is 206 g/mol. The molecule has 1 rings (SSSR count). The number of carbonyl (C=O) groups is 1. The predicted octanol–water partition coefficient (Wildman–Crippen LogP) is 0.941. The van der Waals surface area contributed by atoms with Gasteiger partial charge in [-0.2, -0.15) is 0 Å². The van der Waals surface area contributed by atoms with Crippen LogP contribution in [0.5, 0.6) is 0 Å². The van der Waals surface area contributed by atoms with Crippen LogP contribution in [-0.2, 0) is 20.6 Å². The second kappa shape index (κ2) is 4.19. The maximum atomic E-state index is 11.1. The van der Waals surface area contributed by atoms with Crippen LogP contribution in [0.25, 0.3) is 0 Å². The van der Waals surface area contributed by atoms with E-state index in [0.717, 1.165) is 12.8 Å². The third kappa shape index (κ3) is 3.44. The molecule has 1 aliphatic carbocycles. The van der Waals surface area contributed by atoms with Gasteiger partial charge in [0.25, 0.3) is 0 Å². The van der Waals surface area contributed by atoms with Gasteiger partial charge in [-0.25, -0.2) is 4.21 Å². The highest BCUT2D eigenvalue weighted by Crippen LogP contribution is 2.49. The lowest BCUT2D eigenvalue weighted by molar-refractivity contribution is -0.144. The number of hydrogen-bond acceptors (Lipinski definition) is 3. The highest BCUT2D eigenvalue weighted by molar-refractivity contribution is 7.79. The normalized spacial score (nSPS) is 20.8. The van der Waals surface area contributed by atoms with Crippen LogP contribution >= 0.6 is 0 Å². The summed E-state index contributed by atoms with van der Waals surface area (Å²) in [5, 5.41) is 0. The molecule has 0 aromatic carbocycles. The number of esters is 1. The highest BCUT2D eigenvalue weighted by Gasteiger charge is 2.46. The fourth-order valence-corrected chi connectivity index (χ4v) is 2.24. The molecule has 0 heterocycles. The summed E-state index contributed by atoms with van der Waals surface area (Å²) >= 11 is -1.80. The summed E-state index contributed by atoms with van der Waals surface area (Å²) in [6, 6.07) is 0. The third-order valence-electron chi connectivity index (χ3n) is 2.21. The standard InChI is InChI=1S/C8H14O4S/c1-2-12-7(9)5-8(3-4-8)6-13(10)11/h2-6H2,1H3,(H,10,11). The largest absolute Gasteiger partial charge is 0.466 e. The smallest absolute Gasteiger partial charge is 0.306 e. The first kappa shape index (κ1) is 10.7. The first-order valence-corrected chi connectivity index (χ1v) is 5.59. The van der Waals surface area contributed by atoms with Gasteiger partial charge in [-0.05, 0) is 25.2 Å². The van der Waals surface area contributed by atoms with Gasteiger partial charge in [0.2, 0.25) is 0 Å². The maximum absolute atomic E-state index is 11.1. The lowest BCUT2D eigenvalue weighted by Gasteiger charge is -2.10. The van der Waals surface area contributed by atoms with Crippen molar-refractivity contribution in [3.8, 4) is 0 Å². The highest BCUT2D eigenvalue weighted by atomic mass is 32.2. The zero-order valence-corrected chi connectivity index (χ0v) is 8.43. The van der Waals surface area contributed by atoms with Crippen molar-refractivity contribution in [3.05, 3.63) is 0 Å². The molecule has 0 saturated heterocycles. The summed E-state index contributed by atoms with van der Waals surface area (Å²) in [7, 11) is 0. The number of carbonyl (C=O) groups excluding carboxylic acids is 1. The molecule has 1 atom stereocenters. The Morgan fingerprint density at radius 1 is 1.62 bits per heavy atom. The molecule has 1 fully saturated rings. The maximum Gasteiger partial charge on any atom is 0.306 e. The van der Waals surface area contributed by atoms with Gasteiger partial charge in [0.1, 0.15) is 0 Å². The molecular formula is C8H14O4S. The fraction of sp³-hybridized carbons (Fsp3) is 0.875. The van der Waals surface area contributed by atoms with Gasteiger partial charge >= 0.3 is 5.97 Å². The molecule has 1 aliphatic rings. The van der Waals surface area contributed by atoms with Gasteiger partial charge in [-0.1, -0.05) is 0 Å². The summed E-state index contributed by atoms with van der Waals surface area (Å²) < 4.78 is 24.0. The quantitative estimate of drug-likeness (QED) is 0.537. The van der Waals surface area contributed by atoms with E-state index in [1.807, 2.05) is 0 Å². The Morgan fingerprint density at radius 3 is 2.62 bits per heavy atom. The van der Waals surface area contributed by atoms with Crippen molar-refractivity contribution in [1.82, 2.24) is 0 Å². The third-order valence-corrected chi connectivity index (χ3v) is 3.07. The molecule has 76 valence electrons. The molecule has 0 aromatic rings. The minimum absolute atomic E-state index is 0.200. The summed E-state index contributed by atoms with van der Waals surface area (Å²) in [5.74, 6) is -0.0586. The van der Waals surface area contributed by atoms with E-state index < -0.39 is 11.1 Å². The zero-order chi connectivity index (χ0) is 9.90. The lowest BCUT2D eigenvalue weighted by atomic mass is 10.1. The van der Waals surface area contributed by atoms with Crippen molar-refractivity contribution in [2.24, 2.45) is 5.41 Å². The Hall–Kier alpha value is -0.420. The van der Waals surface area contributed by atoms with E-state index in [1.165, 1.54) is 0 Å². The van der Waals surface area contributed by atoms with Gasteiger partial charge < -0.3 is 9.29 Å². The molecule has 1 unspecified atom stereocenters. The van der Waals surface area contributed by atoms with Crippen molar-refractivity contribution < 1.29 is 18.3 Å². The Kier molecular flexibility index (Phi) is 3.44. The molecule has 4 nitrogen and oxygen atoms in total. The van der Waals surface area contributed by atoms with Crippen LogP contribution in [0.1, 0.15) is 26.2 Å². The van der Waals surface area contributed by atoms with Crippen LogP contribution in [0.4, 0.5) is 0 Å². The van der Waals surface area contributed by atoms with Crippen LogP contribution in [0, 0.1) is 5.41 Å². The van der Waals surface area contributed by atoms with Crippen molar-refractivity contribution in [3.63, 3.8) is 0 Å². The van der Waals surface area contributed by atoms with E-state index >= 15 is 0 Å². The molecule has 1 saturated carbocycles. The Bertz CT molecular complexity index is 222. The summed E-state index contributed by atoms with van der Waals surface area (Å²) in [4.78, 5) is 11.1. The molecule has 5 heteroatoms. The number of rotatable bonds is 5. The van der Waals surface area contributed by atoms with Gasteiger partial charge in [-0.15, -0.1) is 0 Å². The lowest BCUT2D eigenvalue weighted by Crippen LogP contribution is -2.18. The Morgan fingerprint density at radius 2 is 2.23 bits per heavy atom. The predicted molar refractivity (Wildman–Crippen MR) is 48.6 cm³/mol. The van der Waals surface area contributed by atoms with Crippen LogP contribution in [0.2, 0.25) is 0 Å². The fourth-order valence-electron chi connectivity index (χ4n) is 1.33. The molecule has 0 spiro atoms. The molecule has 0 aliphatic heterocycles. The first-order chi connectivity index (χ1) is 6.08. The van der Waals surface area contributed by atoms with Crippen molar-refractivity contribution in [1.29, 1.82) is 0 Å². The molecule has 0 aromatic heterocycles. The van der Waals surface area contributed by atoms with Crippen LogP contribution in [0.3, 0.4) is 0 Å². The summed E-state index contributed by atoms with van der Waals surface area (Å²) in [6.07, 6.45) is 2.00. The van der Waals surface area contributed by atoms with Crippen molar-refractivity contribution >= 4 is 17.0 Å². The average Bonchev–Trinajstić information content (AvgIpc) is 2.67. The van der Waals surface area contributed by atoms with Gasteiger partial charge in [0.05, 0.1) is 18.8 Å². The Balaban J connectivity index is 2.34. The minimum atomic E-state index is -1.80. The SMILES string of the molecule is CCOC(=O)CC1(CS(=O)O)CC1. The minimum Gasteiger partial charge on any atom is -0.466 e. The first-order valence-electron chi connectivity index (χ1n) is 4.31. The van der Waals surface area contributed by atoms with E-state index in [4.69, 9.17) is 9.29 Å². The van der Waals surface area contributed by atoms with E-state index in [2.05, 4.69) is 0 Å². The summed E-state index contributed by atoms with van der Waals surface area (Å²) in [6.45, 7) is 2.12. The Labute approximate surface area is 79.9 Å². The van der Waals surface area contributed by atoms with Gasteiger partial charge in [-0.3, -0.25) is 4.79 Å². The second-order valence-corrected chi connectivity index (χ2v) is 4.38. The van der Waals surface area contributed by atoms with E-state index in [0.29, 0.717) is 6.61 Å². The van der Waals surface area contributed by atoms with E-state index in [9.17, 15) is 9.00 Å². The molecule has 0 amide bonds. The second-order valence-electron chi connectivity index (χ2n) is 3.45. The van der Waals surface area contributed by atoms with Gasteiger partial charge in [0.15, 0.2) is 11.1 Å². The molecule has 0 radical (unpaired) electrons. The van der Waals surface area contributed by atoms with Gasteiger partial charge in [0, 0.05) is 0 Å². The molecular weight excluding hydrogens is 192 g/mol.